The lowest BCUT2D eigenvalue weighted by atomic mass is 9.88. The normalized spacial score (nSPS) is 14.2. The average molecular weight is 397 g/mol. The Balaban J connectivity index is 1.45. The maximum atomic E-state index is 12.4. The van der Waals surface area contributed by atoms with Crippen molar-refractivity contribution in [2.24, 2.45) is 5.92 Å². The first-order valence-electron chi connectivity index (χ1n) is 10.0. The number of furan rings is 1. The first kappa shape index (κ1) is 20.6. The molecular weight excluding hydrogens is 370 g/mol. The molecule has 7 heteroatoms. The number of nitrogens with one attached hydrogen (secondary N) is 3. The van der Waals surface area contributed by atoms with Gasteiger partial charge >= 0.3 is 0 Å². The summed E-state index contributed by atoms with van der Waals surface area (Å²) in [6, 6.07) is 9.00. The number of anilines is 1. The van der Waals surface area contributed by atoms with Crippen molar-refractivity contribution in [3.63, 3.8) is 0 Å². The molecule has 0 atom stereocenters. The molecule has 3 amide bonds. The van der Waals surface area contributed by atoms with Gasteiger partial charge in [0.15, 0.2) is 0 Å². The van der Waals surface area contributed by atoms with Crippen LogP contribution in [-0.4, -0.2) is 24.3 Å². The highest BCUT2D eigenvalue weighted by Crippen LogP contribution is 2.25. The number of rotatable bonds is 7. The van der Waals surface area contributed by atoms with Gasteiger partial charge in [-0.2, -0.15) is 0 Å². The summed E-state index contributed by atoms with van der Waals surface area (Å²) in [5.74, 6) is 0.0303. The lowest BCUT2D eigenvalue weighted by molar-refractivity contribution is -0.121. The highest BCUT2D eigenvalue weighted by Gasteiger charge is 2.21. The highest BCUT2D eigenvalue weighted by molar-refractivity contribution is 5.97. The van der Waals surface area contributed by atoms with E-state index in [1.54, 1.807) is 13.0 Å². The topological polar surface area (TPSA) is 100 Å². The molecule has 0 unspecified atom stereocenters. The molecular formula is C22H27N3O4. The fourth-order valence-corrected chi connectivity index (χ4v) is 3.51. The molecule has 7 nitrogen and oxygen atoms in total. The van der Waals surface area contributed by atoms with E-state index in [4.69, 9.17) is 4.42 Å². The molecule has 29 heavy (non-hydrogen) atoms. The molecule has 0 spiro atoms. The third-order valence-electron chi connectivity index (χ3n) is 5.17. The zero-order valence-corrected chi connectivity index (χ0v) is 16.6. The Kier molecular flexibility index (Phi) is 7.05. The van der Waals surface area contributed by atoms with Gasteiger partial charge in [-0.25, -0.2) is 0 Å². The van der Waals surface area contributed by atoms with E-state index < -0.39 is 0 Å². The maximum Gasteiger partial charge on any atom is 0.255 e. The van der Waals surface area contributed by atoms with Crippen LogP contribution in [0.3, 0.4) is 0 Å². The van der Waals surface area contributed by atoms with Crippen molar-refractivity contribution in [1.29, 1.82) is 0 Å². The largest absolute Gasteiger partial charge is 0.469 e. The van der Waals surface area contributed by atoms with Crippen molar-refractivity contribution in [2.75, 3.05) is 11.9 Å². The summed E-state index contributed by atoms with van der Waals surface area (Å²) in [6.45, 7) is 1.88. The van der Waals surface area contributed by atoms with Gasteiger partial charge in [-0.15, -0.1) is 0 Å². The SMILES string of the molecule is Cc1occc1C(=O)NCC(=O)NCc1cccc(NC(=O)C2CCCCC2)c1. The standard InChI is InChI=1S/C22H27N3O4/c1-15-19(10-11-29-15)22(28)24-14-20(26)23-13-16-6-5-9-18(12-16)25-21(27)17-7-3-2-4-8-17/h5-6,9-12,17H,2-4,7-8,13-14H2,1H3,(H,23,26)(H,24,28)(H,25,27). The number of benzene rings is 1. The van der Waals surface area contributed by atoms with Crippen LogP contribution in [0.2, 0.25) is 0 Å². The van der Waals surface area contributed by atoms with Crippen LogP contribution in [0, 0.1) is 12.8 Å². The predicted molar refractivity (Wildman–Crippen MR) is 109 cm³/mol. The van der Waals surface area contributed by atoms with Crippen LogP contribution in [0.1, 0.15) is 53.8 Å². The van der Waals surface area contributed by atoms with E-state index in [0.717, 1.165) is 36.9 Å². The van der Waals surface area contributed by atoms with Crippen LogP contribution < -0.4 is 16.0 Å². The number of amides is 3. The molecule has 0 saturated heterocycles. The number of hydrogen-bond donors (Lipinski definition) is 3. The van der Waals surface area contributed by atoms with Crippen LogP contribution in [0.4, 0.5) is 5.69 Å². The van der Waals surface area contributed by atoms with Crippen molar-refractivity contribution in [3.05, 3.63) is 53.5 Å². The first-order chi connectivity index (χ1) is 14.0. The van der Waals surface area contributed by atoms with Gasteiger partial charge in [-0.05, 0) is 43.5 Å². The van der Waals surface area contributed by atoms with E-state index in [1.807, 2.05) is 24.3 Å². The third-order valence-corrected chi connectivity index (χ3v) is 5.17. The molecule has 3 rings (SSSR count). The molecule has 154 valence electrons. The smallest absolute Gasteiger partial charge is 0.255 e. The van der Waals surface area contributed by atoms with Crippen LogP contribution in [0.25, 0.3) is 0 Å². The van der Waals surface area contributed by atoms with E-state index >= 15 is 0 Å². The van der Waals surface area contributed by atoms with Gasteiger partial charge in [0, 0.05) is 18.2 Å². The van der Waals surface area contributed by atoms with Gasteiger partial charge in [0.1, 0.15) is 5.76 Å². The van der Waals surface area contributed by atoms with Crippen molar-refractivity contribution in [2.45, 2.75) is 45.6 Å². The Bertz CT molecular complexity index is 868. The van der Waals surface area contributed by atoms with E-state index in [9.17, 15) is 14.4 Å². The average Bonchev–Trinajstić information content (AvgIpc) is 3.17. The monoisotopic (exact) mass is 397 g/mol. The van der Waals surface area contributed by atoms with Gasteiger partial charge in [0.05, 0.1) is 18.4 Å². The van der Waals surface area contributed by atoms with E-state index in [0.29, 0.717) is 17.9 Å². The molecule has 0 bridgehead atoms. The molecule has 1 aliphatic rings. The third kappa shape index (κ3) is 5.94. The zero-order valence-electron chi connectivity index (χ0n) is 16.6. The molecule has 1 aromatic heterocycles. The molecule has 1 saturated carbocycles. The second kappa shape index (κ2) is 9.91. The molecule has 0 radical (unpaired) electrons. The van der Waals surface area contributed by atoms with E-state index in [2.05, 4.69) is 16.0 Å². The predicted octanol–water partition coefficient (Wildman–Crippen LogP) is 3.15. The summed E-state index contributed by atoms with van der Waals surface area (Å²) in [7, 11) is 0. The molecule has 2 aromatic rings. The quantitative estimate of drug-likeness (QED) is 0.668. The van der Waals surface area contributed by atoms with Crippen molar-refractivity contribution in [1.82, 2.24) is 10.6 Å². The molecule has 3 N–H and O–H groups in total. The summed E-state index contributed by atoms with van der Waals surface area (Å²) >= 11 is 0. The molecule has 1 heterocycles. The lowest BCUT2D eigenvalue weighted by Gasteiger charge is -2.20. The van der Waals surface area contributed by atoms with Crippen LogP contribution in [0.5, 0.6) is 0 Å². The number of aryl methyl sites for hydroxylation is 1. The Labute approximate surface area is 170 Å². The fraction of sp³-hybridized carbons (Fsp3) is 0.409. The Morgan fingerprint density at radius 1 is 1.07 bits per heavy atom. The van der Waals surface area contributed by atoms with Gasteiger partial charge in [0.25, 0.3) is 5.91 Å². The van der Waals surface area contributed by atoms with Crippen molar-refractivity contribution in [3.8, 4) is 0 Å². The summed E-state index contributed by atoms with van der Waals surface area (Å²) in [5.41, 5.74) is 2.02. The minimum absolute atomic E-state index is 0.0724. The maximum absolute atomic E-state index is 12.4. The molecule has 1 aliphatic carbocycles. The van der Waals surface area contributed by atoms with E-state index in [1.165, 1.54) is 12.7 Å². The zero-order chi connectivity index (χ0) is 20.6. The van der Waals surface area contributed by atoms with Gasteiger partial charge in [-0.3, -0.25) is 14.4 Å². The highest BCUT2D eigenvalue weighted by atomic mass is 16.3. The summed E-state index contributed by atoms with van der Waals surface area (Å²) in [5, 5.41) is 8.32. The number of carbonyl (C=O) groups excluding carboxylic acids is 3. The Morgan fingerprint density at radius 2 is 1.86 bits per heavy atom. The second-order valence-electron chi connectivity index (χ2n) is 7.37. The van der Waals surface area contributed by atoms with Crippen LogP contribution >= 0.6 is 0 Å². The number of carbonyl (C=O) groups is 3. The fourth-order valence-electron chi connectivity index (χ4n) is 3.51. The van der Waals surface area contributed by atoms with E-state index in [-0.39, 0.29) is 30.2 Å². The first-order valence-corrected chi connectivity index (χ1v) is 10.0. The van der Waals surface area contributed by atoms with Gasteiger partial charge in [0.2, 0.25) is 11.8 Å². The van der Waals surface area contributed by atoms with Crippen molar-refractivity contribution < 1.29 is 18.8 Å². The number of hydrogen-bond acceptors (Lipinski definition) is 4. The summed E-state index contributed by atoms with van der Waals surface area (Å²) < 4.78 is 5.08. The summed E-state index contributed by atoms with van der Waals surface area (Å²) in [4.78, 5) is 36.4. The van der Waals surface area contributed by atoms with Crippen LogP contribution in [-0.2, 0) is 16.1 Å². The molecule has 0 aliphatic heterocycles. The Hall–Kier alpha value is -3.09. The van der Waals surface area contributed by atoms with Crippen LogP contribution in [0.15, 0.2) is 41.0 Å². The van der Waals surface area contributed by atoms with Crippen molar-refractivity contribution >= 4 is 23.4 Å². The second-order valence-corrected chi connectivity index (χ2v) is 7.37. The Morgan fingerprint density at radius 3 is 2.59 bits per heavy atom. The minimum atomic E-state index is -0.348. The van der Waals surface area contributed by atoms with Gasteiger partial charge in [-0.1, -0.05) is 31.4 Å². The lowest BCUT2D eigenvalue weighted by Crippen LogP contribution is -2.36. The molecule has 1 aromatic carbocycles. The molecule has 1 fully saturated rings. The minimum Gasteiger partial charge on any atom is -0.469 e. The summed E-state index contributed by atoms with van der Waals surface area (Å²) in [6.07, 6.45) is 6.77. The van der Waals surface area contributed by atoms with Gasteiger partial charge < -0.3 is 20.4 Å².